The van der Waals surface area contributed by atoms with Crippen LogP contribution in [0.25, 0.3) is 0 Å². The van der Waals surface area contributed by atoms with Gasteiger partial charge >= 0.3 is 0 Å². The maximum absolute atomic E-state index is 2.77. The van der Waals surface area contributed by atoms with Crippen molar-refractivity contribution in [3.8, 4) is 0 Å². The SMILES string of the molecule is CCCCCCCCCCCCCCCN1CCC(C2CCN(C)CC2)CC1.Cl.Cl. The minimum atomic E-state index is 0. The molecule has 0 bridgehead atoms. The minimum absolute atomic E-state index is 0. The zero-order valence-corrected chi connectivity index (χ0v) is 22.1. The summed E-state index contributed by atoms with van der Waals surface area (Å²) in [6, 6.07) is 0. The van der Waals surface area contributed by atoms with Crippen LogP contribution in [0, 0.1) is 11.8 Å². The number of halogens is 2. The molecule has 2 aliphatic rings. The molecule has 182 valence electrons. The van der Waals surface area contributed by atoms with Crippen molar-refractivity contribution in [2.45, 2.75) is 116 Å². The maximum atomic E-state index is 2.77. The second kappa shape index (κ2) is 20.1. The fourth-order valence-corrected chi connectivity index (χ4v) is 5.50. The summed E-state index contributed by atoms with van der Waals surface area (Å²) in [5.41, 5.74) is 0. The Morgan fingerprint density at radius 2 is 0.900 bits per heavy atom. The fourth-order valence-electron chi connectivity index (χ4n) is 5.50. The van der Waals surface area contributed by atoms with E-state index in [1.165, 1.54) is 142 Å². The standard InChI is InChI=1S/C26H52N2.2ClH/c1-3-4-5-6-7-8-9-10-11-12-13-14-15-20-28-23-18-26(19-24-28)25-16-21-27(2)22-17-25;;/h25-26H,3-24H2,1-2H3;2*1H. The number of hydrogen-bond acceptors (Lipinski definition) is 2. The summed E-state index contributed by atoms with van der Waals surface area (Å²) in [6.45, 7) is 9.12. The van der Waals surface area contributed by atoms with Crippen LogP contribution in [-0.2, 0) is 0 Å². The average Bonchev–Trinajstić information content (AvgIpc) is 2.72. The smallest absolute Gasteiger partial charge is 0.00160 e. The second-order valence-corrected chi connectivity index (χ2v) is 10.1. The monoisotopic (exact) mass is 464 g/mol. The molecule has 0 spiro atoms. The highest BCUT2D eigenvalue weighted by molar-refractivity contribution is 5.85. The average molecular weight is 466 g/mol. The molecule has 2 heterocycles. The zero-order valence-electron chi connectivity index (χ0n) is 20.4. The third-order valence-corrected chi connectivity index (χ3v) is 7.64. The lowest BCUT2D eigenvalue weighted by Crippen LogP contribution is -2.40. The highest BCUT2D eigenvalue weighted by Gasteiger charge is 2.28. The van der Waals surface area contributed by atoms with Crippen molar-refractivity contribution in [1.29, 1.82) is 0 Å². The Labute approximate surface area is 202 Å². The third-order valence-electron chi connectivity index (χ3n) is 7.64. The van der Waals surface area contributed by atoms with Gasteiger partial charge in [-0.2, -0.15) is 0 Å². The van der Waals surface area contributed by atoms with Crippen LogP contribution >= 0.6 is 24.8 Å². The van der Waals surface area contributed by atoms with Gasteiger partial charge < -0.3 is 9.80 Å². The van der Waals surface area contributed by atoms with E-state index >= 15 is 0 Å². The van der Waals surface area contributed by atoms with Crippen LogP contribution < -0.4 is 0 Å². The van der Waals surface area contributed by atoms with Crippen molar-refractivity contribution in [2.75, 3.05) is 39.8 Å². The van der Waals surface area contributed by atoms with E-state index in [0.717, 1.165) is 11.8 Å². The van der Waals surface area contributed by atoms with Gasteiger partial charge in [-0.05, 0) is 83.7 Å². The molecule has 0 aromatic heterocycles. The Morgan fingerprint density at radius 1 is 0.533 bits per heavy atom. The number of hydrogen-bond donors (Lipinski definition) is 0. The van der Waals surface area contributed by atoms with Crippen LogP contribution in [0.5, 0.6) is 0 Å². The van der Waals surface area contributed by atoms with Crippen molar-refractivity contribution in [2.24, 2.45) is 11.8 Å². The normalized spacial score (nSPS) is 19.4. The molecule has 4 heteroatoms. The molecule has 2 saturated heterocycles. The van der Waals surface area contributed by atoms with Crippen LogP contribution in [0.1, 0.15) is 116 Å². The molecule has 0 aromatic carbocycles. The molecule has 0 aliphatic carbocycles. The number of unbranched alkanes of at least 4 members (excludes halogenated alkanes) is 12. The van der Waals surface area contributed by atoms with Gasteiger partial charge in [0.2, 0.25) is 0 Å². The Bertz CT molecular complexity index is 351. The first-order valence-electron chi connectivity index (χ1n) is 13.2. The summed E-state index contributed by atoms with van der Waals surface area (Å²) in [4.78, 5) is 5.28. The minimum Gasteiger partial charge on any atom is -0.306 e. The van der Waals surface area contributed by atoms with Gasteiger partial charge in [0, 0.05) is 0 Å². The molecule has 2 rings (SSSR count). The first-order valence-corrected chi connectivity index (χ1v) is 13.2. The van der Waals surface area contributed by atoms with Crippen molar-refractivity contribution < 1.29 is 0 Å². The molecule has 2 aliphatic heterocycles. The molecule has 30 heavy (non-hydrogen) atoms. The molecular formula is C26H54Cl2N2. The van der Waals surface area contributed by atoms with Crippen molar-refractivity contribution in [3.63, 3.8) is 0 Å². The van der Waals surface area contributed by atoms with E-state index in [4.69, 9.17) is 0 Å². The van der Waals surface area contributed by atoms with Crippen molar-refractivity contribution in [3.05, 3.63) is 0 Å². The van der Waals surface area contributed by atoms with Crippen LogP contribution in [-0.4, -0.2) is 49.6 Å². The zero-order chi connectivity index (χ0) is 19.9. The van der Waals surface area contributed by atoms with E-state index in [1.54, 1.807) is 0 Å². The van der Waals surface area contributed by atoms with Gasteiger partial charge in [0.15, 0.2) is 0 Å². The molecule has 0 aromatic rings. The second-order valence-electron chi connectivity index (χ2n) is 10.1. The number of rotatable bonds is 15. The molecule has 0 N–H and O–H groups in total. The van der Waals surface area contributed by atoms with Crippen LogP contribution in [0.3, 0.4) is 0 Å². The van der Waals surface area contributed by atoms with Gasteiger partial charge in [0.1, 0.15) is 0 Å². The molecule has 2 nitrogen and oxygen atoms in total. The Hall–Kier alpha value is 0.500. The molecular weight excluding hydrogens is 411 g/mol. The summed E-state index contributed by atoms with van der Waals surface area (Å²) in [7, 11) is 2.29. The summed E-state index contributed by atoms with van der Waals surface area (Å²) in [5.74, 6) is 2.08. The first-order chi connectivity index (χ1) is 13.8. The third kappa shape index (κ3) is 13.8. The first kappa shape index (κ1) is 30.5. The van der Waals surface area contributed by atoms with Crippen LogP contribution in [0.15, 0.2) is 0 Å². The highest BCUT2D eigenvalue weighted by Crippen LogP contribution is 2.32. The highest BCUT2D eigenvalue weighted by atomic mass is 35.5. The lowest BCUT2D eigenvalue weighted by molar-refractivity contribution is 0.104. The number of nitrogens with zero attached hydrogens (tertiary/aromatic N) is 2. The topological polar surface area (TPSA) is 6.48 Å². The van der Waals surface area contributed by atoms with E-state index in [1.807, 2.05) is 0 Å². The van der Waals surface area contributed by atoms with Crippen LogP contribution in [0.2, 0.25) is 0 Å². The number of piperidine rings is 2. The lowest BCUT2D eigenvalue weighted by Gasteiger charge is -2.39. The predicted molar refractivity (Wildman–Crippen MR) is 140 cm³/mol. The number of likely N-dealkylation sites (tertiary alicyclic amines) is 2. The van der Waals surface area contributed by atoms with Gasteiger partial charge in [-0.1, -0.05) is 84.0 Å². The van der Waals surface area contributed by atoms with E-state index < -0.39 is 0 Å². The van der Waals surface area contributed by atoms with Gasteiger partial charge in [-0.25, -0.2) is 0 Å². The largest absolute Gasteiger partial charge is 0.306 e. The maximum Gasteiger partial charge on any atom is -0.00160 e. The van der Waals surface area contributed by atoms with E-state index in [9.17, 15) is 0 Å². The van der Waals surface area contributed by atoms with E-state index in [2.05, 4.69) is 23.8 Å². The summed E-state index contributed by atoms with van der Waals surface area (Å²) in [6.07, 6.45) is 24.9. The van der Waals surface area contributed by atoms with Gasteiger partial charge in [0.05, 0.1) is 0 Å². The van der Waals surface area contributed by atoms with E-state index in [-0.39, 0.29) is 24.8 Å². The Morgan fingerprint density at radius 3 is 1.33 bits per heavy atom. The molecule has 0 unspecified atom stereocenters. The molecule has 0 radical (unpaired) electrons. The van der Waals surface area contributed by atoms with Crippen molar-refractivity contribution >= 4 is 24.8 Å². The molecule has 2 fully saturated rings. The van der Waals surface area contributed by atoms with E-state index in [0.29, 0.717) is 0 Å². The molecule has 0 amide bonds. The van der Waals surface area contributed by atoms with Gasteiger partial charge in [-0.3, -0.25) is 0 Å². The quantitative estimate of drug-likeness (QED) is 0.226. The van der Waals surface area contributed by atoms with Crippen molar-refractivity contribution in [1.82, 2.24) is 9.80 Å². The Kier molecular flexibility index (Phi) is 20.5. The fraction of sp³-hybridized carbons (Fsp3) is 1.00. The van der Waals surface area contributed by atoms with Crippen LogP contribution in [0.4, 0.5) is 0 Å². The summed E-state index contributed by atoms with van der Waals surface area (Å²) >= 11 is 0. The summed E-state index contributed by atoms with van der Waals surface area (Å²) < 4.78 is 0. The lowest BCUT2D eigenvalue weighted by atomic mass is 9.79. The summed E-state index contributed by atoms with van der Waals surface area (Å²) in [5, 5.41) is 0. The molecule has 0 atom stereocenters. The predicted octanol–water partition coefficient (Wildman–Crippen LogP) is 7.98. The Balaban J connectivity index is 0.00000420. The van der Waals surface area contributed by atoms with Gasteiger partial charge in [0.25, 0.3) is 0 Å². The molecule has 0 saturated carbocycles. The van der Waals surface area contributed by atoms with Gasteiger partial charge in [-0.15, -0.1) is 24.8 Å².